The molecule has 0 amide bonds. The van der Waals surface area contributed by atoms with Gasteiger partial charge in [0, 0.05) is 19.6 Å². The van der Waals surface area contributed by atoms with Crippen LogP contribution in [0.25, 0.3) is 0 Å². The summed E-state index contributed by atoms with van der Waals surface area (Å²) in [5.74, 6) is 0.825. The van der Waals surface area contributed by atoms with Gasteiger partial charge in [-0.3, -0.25) is 4.39 Å². The predicted molar refractivity (Wildman–Crippen MR) is 43.9 cm³/mol. The molecule has 1 rings (SSSR count). The van der Waals surface area contributed by atoms with E-state index < -0.39 is 0 Å². The summed E-state index contributed by atoms with van der Waals surface area (Å²) in [7, 11) is 0. The first-order chi connectivity index (χ1) is 5.88. The van der Waals surface area contributed by atoms with Crippen molar-refractivity contribution in [2.45, 2.75) is 6.42 Å². The maximum Gasteiger partial charge on any atom is 0.112 e. The normalized spacial score (nSPS) is 19.3. The molecule has 1 saturated heterocycles. The number of alkyl halides is 1. The Bertz CT molecular complexity index is 207. The van der Waals surface area contributed by atoms with Crippen LogP contribution in [0.1, 0.15) is 6.42 Å². The number of allylic oxidation sites excluding steroid dienone is 1. The van der Waals surface area contributed by atoms with Crippen LogP contribution < -0.4 is 5.32 Å². The van der Waals surface area contributed by atoms with Crippen LogP contribution in [0.15, 0.2) is 11.9 Å². The van der Waals surface area contributed by atoms with E-state index in [9.17, 15) is 4.39 Å². The number of nitrogens with one attached hydrogen (secondary N) is 1. The number of nitriles is 1. The molecule has 1 heterocycles. The molecule has 1 aliphatic heterocycles. The molecule has 12 heavy (non-hydrogen) atoms. The second-order valence-corrected chi connectivity index (χ2v) is 2.62. The molecule has 1 N–H and O–H groups in total. The van der Waals surface area contributed by atoms with Crippen molar-refractivity contribution >= 4 is 0 Å². The summed E-state index contributed by atoms with van der Waals surface area (Å²) < 4.78 is 11.8. The Morgan fingerprint density at radius 3 is 3.25 bits per heavy atom. The van der Waals surface area contributed by atoms with Gasteiger partial charge < -0.3 is 10.2 Å². The van der Waals surface area contributed by atoms with Crippen LogP contribution in [0, 0.1) is 11.3 Å². The van der Waals surface area contributed by atoms with Crippen LogP contribution >= 0.6 is 0 Å². The molecular weight excluding hydrogens is 157 g/mol. The Balaban J connectivity index is 2.42. The van der Waals surface area contributed by atoms with Gasteiger partial charge in [0.1, 0.15) is 5.82 Å². The lowest BCUT2D eigenvalue weighted by Gasteiger charge is -2.16. The molecule has 0 saturated carbocycles. The predicted octanol–water partition coefficient (Wildman–Crippen LogP) is 0.616. The van der Waals surface area contributed by atoms with Gasteiger partial charge in [0.15, 0.2) is 0 Å². The minimum atomic E-state index is -0.295. The van der Waals surface area contributed by atoms with Crippen LogP contribution in [0.2, 0.25) is 0 Å². The third kappa shape index (κ3) is 2.12. The van der Waals surface area contributed by atoms with Crippen molar-refractivity contribution in [2.24, 2.45) is 0 Å². The van der Waals surface area contributed by atoms with Crippen molar-refractivity contribution in [3.8, 4) is 6.07 Å². The lowest BCUT2D eigenvalue weighted by Crippen LogP contribution is -2.21. The van der Waals surface area contributed by atoms with Gasteiger partial charge in [-0.05, 0) is 6.42 Å². The zero-order valence-electron chi connectivity index (χ0n) is 6.89. The van der Waals surface area contributed by atoms with Gasteiger partial charge in [0.05, 0.1) is 18.8 Å². The molecule has 0 aromatic rings. The fraction of sp³-hybridized carbons (Fsp3) is 0.625. The highest BCUT2D eigenvalue weighted by Gasteiger charge is 2.14. The van der Waals surface area contributed by atoms with Crippen LogP contribution in [0.5, 0.6) is 0 Å². The van der Waals surface area contributed by atoms with Crippen LogP contribution in [0.4, 0.5) is 4.39 Å². The molecule has 4 heteroatoms. The van der Waals surface area contributed by atoms with Crippen molar-refractivity contribution in [1.29, 1.82) is 5.26 Å². The lowest BCUT2D eigenvalue weighted by atomic mass is 10.4. The van der Waals surface area contributed by atoms with Crippen LogP contribution in [-0.4, -0.2) is 31.2 Å². The Morgan fingerprint density at radius 2 is 2.58 bits per heavy atom. The highest BCUT2D eigenvalue weighted by Crippen LogP contribution is 2.06. The molecule has 0 aromatic heterocycles. The average molecular weight is 169 g/mol. The minimum absolute atomic E-state index is 0.295. The SMILES string of the molecule is N#C/C=C1\NCCN1CCCF. The third-order valence-electron chi connectivity index (χ3n) is 1.79. The molecular formula is C8H12FN3. The standard InChI is InChI=1S/C8H12FN3/c9-3-1-6-12-7-5-11-8(12)2-4-10/h2,11H,1,3,5-7H2/b8-2+. The van der Waals surface area contributed by atoms with E-state index >= 15 is 0 Å². The highest BCUT2D eigenvalue weighted by molar-refractivity contribution is 5.13. The lowest BCUT2D eigenvalue weighted by molar-refractivity contribution is 0.353. The molecule has 0 unspecified atom stereocenters. The third-order valence-corrected chi connectivity index (χ3v) is 1.79. The van der Waals surface area contributed by atoms with Gasteiger partial charge in [-0.15, -0.1) is 0 Å². The van der Waals surface area contributed by atoms with E-state index in [0.717, 1.165) is 18.9 Å². The second-order valence-electron chi connectivity index (χ2n) is 2.62. The van der Waals surface area contributed by atoms with E-state index in [0.29, 0.717) is 13.0 Å². The average Bonchev–Trinajstić information content (AvgIpc) is 2.50. The monoisotopic (exact) mass is 169 g/mol. The van der Waals surface area contributed by atoms with Gasteiger partial charge in [-0.1, -0.05) is 0 Å². The van der Waals surface area contributed by atoms with Gasteiger partial charge in [-0.25, -0.2) is 0 Å². The number of hydrogen-bond donors (Lipinski definition) is 1. The molecule has 0 radical (unpaired) electrons. The quantitative estimate of drug-likeness (QED) is 0.629. The molecule has 0 bridgehead atoms. The van der Waals surface area contributed by atoms with Crippen molar-refractivity contribution in [3.63, 3.8) is 0 Å². The minimum Gasteiger partial charge on any atom is -0.369 e. The molecule has 66 valence electrons. The first-order valence-corrected chi connectivity index (χ1v) is 4.03. The Hall–Kier alpha value is -1.24. The van der Waals surface area contributed by atoms with Crippen molar-refractivity contribution in [1.82, 2.24) is 10.2 Å². The molecule has 0 atom stereocenters. The van der Waals surface area contributed by atoms with E-state index in [1.54, 1.807) is 0 Å². The number of rotatable bonds is 3. The van der Waals surface area contributed by atoms with E-state index in [1.807, 2.05) is 11.0 Å². The molecule has 1 aliphatic rings. The van der Waals surface area contributed by atoms with Gasteiger partial charge in [0.2, 0.25) is 0 Å². The number of nitrogens with zero attached hydrogens (tertiary/aromatic N) is 2. The largest absolute Gasteiger partial charge is 0.369 e. The Morgan fingerprint density at radius 1 is 1.75 bits per heavy atom. The van der Waals surface area contributed by atoms with Crippen molar-refractivity contribution in [3.05, 3.63) is 11.9 Å². The first-order valence-electron chi connectivity index (χ1n) is 4.03. The van der Waals surface area contributed by atoms with Crippen LogP contribution in [-0.2, 0) is 0 Å². The summed E-state index contributed by atoms with van der Waals surface area (Å²) in [6, 6.07) is 1.96. The fourth-order valence-electron chi connectivity index (χ4n) is 1.24. The molecule has 0 aromatic carbocycles. The van der Waals surface area contributed by atoms with Gasteiger partial charge in [-0.2, -0.15) is 5.26 Å². The van der Waals surface area contributed by atoms with Crippen LogP contribution in [0.3, 0.4) is 0 Å². The zero-order chi connectivity index (χ0) is 8.81. The number of hydrogen-bond acceptors (Lipinski definition) is 3. The maximum atomic E-state index is 11.8. The van der Waals surface area contributed by atoms with E-state index in [1.165, 1.54) is 6.08 Å². The summed E-state index contributed by atoms with van der Waals surface area (Å²) in [5.41, 5.74) is 0. The second kappa shape index (κ2) is 4.60. The summed E-state index contributed by atoms with van der Waals surface area (Å²) in [6.07, 6.45) is 2.00. The highest BCUT2D eigenvalue weighted by atomic mass is 19.1. The first kappa shape index (κ1) is 8.85. The van der Waals surface area contributed by atoms with E-state index in [2.05, 4.69) is 5.32 Å². The molecule has 1 fully saturated rings. The summed E-state index contributed by atoms with van der Waals surface area (Å²) >= 11 is 0. The fourth-order valence-corrected chi connectivity index (χ4v) is 1.24. The summed E-state index contributed by atoms with van der Waals surface area (Å²) in [4.78, 5) is 1.99. The Labute approximate surface area is 71.5 Å². The smallest absolute Gasteiger partial charge is 0.112 e. The summed E-state index contributed by atoms with van der Waals surface area (Å²) in [5, 5.41) is 11.5. The molecule has 0 aliphatic carbocycles. The van der Waals surface area contributed by atoms with E-state index in [-0.39, 0.29) is 6.67 Å². The van der Waals surface area contributed by atoms with Gasteiger partial charge >= 0.3 is 0 Å². The Kier molecular flexibility index (Phi) is 3.39. The number of halogens is 1. The van der Waals surface area contributed by atoms with Gasteiger partial charge in [0.25, 0.3) is 0 Å². The topological polar surface area (TPSA) is 39.1 Å². The van der Waals surface area contributed by atoms with Crippen molar-refractivity contribution < 1.29 is 4.39 Å². The van der Waals surface area contributed by atoms with E-state index in [4.69, 9.17) is 5.26 Å². The van der Waals surface area contributed by atoms with Crippen molar-refractivity contribution in [2.75, 3.05) is 26.3 Å². The molecule has 3 nitrogen and oxygen atoms in total. The maximum absolute atomic E-state index is 11.8. The zero-order valence-corrected chi connectivity index (χ0v) is 6.89. The molecule has 0 spiro atoms. The summed E-state index contributed by atoms with van der Waals surface area (Å²) in [6.45, 7) is 2.11.